The van der Waals surface area contributed by atoms with Crippen molar-refractivity contribution in [2.24, 2.45) is 0 Å². The highest BCUT2D eigenvalue weighted by Gasteiger charge is 2.24. The van der Waals surface area contributed by atoms with Crippen LogP contribution >= 0.6 is 15.9 Å². The summed E-state index contributed by atoms with van der Waals surface area (Å²) in [5.74, 6) is -0.164. The summed E-state index contributed by atoms with van der Waals surface area (Å²) in [4.78, 5) is 12.3. The van der Waals surface area contributed by atoms with Crippen LogP contribution in [0.3, 0.4) is 0 Å². The lowest BCUT2D eigenvalue weighted by Crippen LogP contribution is -2.40. The molecule has 0 saturated carbocycles. The number of sulfonamides is 1. The molecule has 0 bridgehead atoms. The van der Waals surface area contributed by atoms with E-state index in [4.69, 9.17) is 0 Å². The maximum Gasteiger partial charge on any atom is 0.242 e. The molecule has 0 atom stereocenters. The van der Waals surface area contributed by atoms with Gasteiger partial charge in [-0.3, -0.25) is 4.79 Å². The molecule has 2 N–H and O–H groups in total. The molecular weight excluding hydrogens is 416 g/mol. The fraction of sp³-hybridized carbons (Fsp3) is 0.316. The number of rotatable bonds is 6. The molecule has 0 aromatic heterocycles. The number of carbonyl (C=O) groups is 1. The Morgan fingerprint density at radius 2 is 1.69 bits per heavy atom. The van der Waals surface area contributed by atoms with Gasteiger partial charge >= 0.3 is 0 Å². The lowest BCUT2D eigenvalue weighted by atomic mass is 10.1. The Bertz CT molecular complexity index is 875. The average molecular weight is 439 g/mol. The zero-order chi connectivity index (χ0) is 19.4. The molecule has 7 heteroatoms. The smallest absolute Gasteiger partial charge is 0.242 e. The first kappa shape index (κ1) is 20.6. The predicted octanol–water partition coefficient (Wildman–Crippen LogP) is 3.38. The van der Waals surface area contributed by atoms with Crippen LogP contribution in [0.2, 0.25) is 0 Å². The van der Waals surface area contributed by atoms with E-state index in [0.29, 0.717) is 16.6 Å². The van der Waals surface area contributed by atoms with Crippen molar-refractivity contribution in [3.05, 3.63) is 64.1 Å². The standard InChI is InChI=1S/C19H23BrN2O3S/c1-19(2,3)22-26(24,25)17-11-15(9-10-16(17)20)12-18(23)21-13-14-7-5-4-6-8-14/h4-11,22H,12-13H2,1-3H3,(H,21,23). The molecular formula is C19H23BrN2O3S. The molecule has 140 valence electrons. The Morgan fingerprint density at radius 3 is 2.31 bits per heavy atom. The summed E-state index contributed by atoms with van der Waals surface area (Å²) in [5.41, 5.74) is 1.05. The number of hydrogen-bond donors (Lipinski definition) is 2. The third kappa shape index (κ3) is 6.23. The van der Waals surface area contributed by atoms with Crippen LogP contribution in [-0.4, -0.2) is 19.9 Å². The van der Waals surface area contributed by atoms with Gasteiger partial charge in [-0.2, -0.15) is 0 Å². The minimum Gasteiger partial charge on any atom is -0.352 e. The van der Waals surface area contributed by atoms with Crippen molar-refractivity contribution in [1.82, 2.24) is 10.0 Å². The van der Waals surface area contributed by atoms with Gasteiger partial charge in [0.1, 0.15) is 0 Å². The molecule has 0 aliphatic carbocycles. The van der Waals surface area contributed by atoms with Gasteiger partial charge in [-0.1, -0.05) is 36.4 Å². The lowest BCUT2D eigenvalue weighted by Gasteiger charge is -2.21. The molecule has 0 unspecified atom stereocenters. The first-order valence-electron chi connectivity index (χ1n) is 8.20. The van der Waals surface area contributed by atoms with Crippen molar-refractivity contribution in [3.8, 4) is 0 Å². The van der Waals surface area contributed by atoms with E-state index in [1.54, 1.807) is 32.9 Å². The van der Waals surface area contributed by atoms with Crippen LogP contribution in [-0.2, 0) is 27.8 Å². The molecule has 5 nitrogen and oxygen atoms in total. The highest BCUT2D eigenvalue weighted by molar-refractivity contribution is 9.10. The van der Waals surface area contributed by atoms with Crippen LogP contribution in [0.25, 0.3) is 0 Å². The molecule has 2 aromatic rings. The maximum absolute atomic E-state index is 12.6. The largest absolute Gasteiger partial charge is 0.352 e. The van der Waals surface area contributed by atoms with Gasteiger partial charge in [0.15, 0.2) is 0 Å². The predicted molar refractivity (Wildman–Crippen MR) is 106 cm³/mol. The highest BCUT2D eigenvalue weighted by Crippen LogP contribution is 2.24. The third-order valence-corrected chi connectivity index (χ3v) is 6.17. The number of benzene rings is 2. The first-order chi connectivity index (χ1) is 12.1. The third-order valence-electron chi connectivity index (χ3n) is 3.42. The molecule has 26 heavy (non-hydrogen) atoms. The highest BCUT2D eigenvalue weighted by atomic mass is 79.9. The van der Waals surface area contributed by atoms with E-state index < -0.39 is 15.6 Å². The van der Waals surface area contributed by atoms with Crippen molar-refractivity contribution in [3.63, 3.8) is 0 Å². The summed E-state index contributed by atoms with van der Waals surface area (Å²) in [7, 11) is -3.69. The summed E-state index contributed by atoms with van der Waals surface area (Å²) in [5, 5.41) is 2.84. The topological polar surface area (TPSA) is 75.3 Å². The molecule has 0 spiro atoms. The minimum atomic E-state index is -3.69. The summed E-state index contributed by atoms with van der Waals surface area (Å²) >= 11 is 3.28. The molecule has 0 radical (unpaired) electrons. The number of hydrogen-bond acceptors (Lipinski definition) is 3. The van der Waals surface area contributed by atoms with E-state index in [2.05, 4.69) is 26.0 Å². The second kappa shape index (κ2) is 8.33. The average Bonchev–Trinajstić information content (AvgIpc) is 2.53. The number of halogens is 1. The molecule has 2 rings (SSSR count). The van der Waals surface area contributed by atoms with Gasteiger partial charge in [-0.25, -0.2) is 13.1 Å². The van der Waals surface area contributed by atoms with Crippen molar-refractivity contribution in [2.45, 2.75) is 44.2 Å². The number of carbonyl (C=O) groups excluding carboxylic acids is 1. The number of nitrogens with one attached hydrogen (secondary N) is 2. The molecule has 0 fully saturated rings. The van der Waals surface area contributed by atoms with E-state index in [0.717, 1.165) is 5.56 Å². The molecule has 0 saturated heterocycles. The van der Waals surface area contributed by atoms with E-state index in [1.165, 1.54) is 6.07 Å². The second-order valence-corrected chi connectivity index (χ2v) is 9.56. The Labute approximate surface area is 163 Å². The van der Waals surface area contributed by atoms with Gasteiger partial charge in [0.05, 0.1) is 11.3 Å². The van der Waals surface area contributed by atoms with Gasteiger partial charge in [-0.05, 0) is 60.0 Å². The van der Waals surface area contributed by atoms with Crippen LogP contribution in [0.15, 0.2) is 57.9 Å². The summed E-state index contributed by atoms with van der Waals surface area (Å²) in [6.07, 6.45) is 0.109. The molecule has 0 heterocycles. The zero-order valence-corrected chi connectivity index (χ0v) is 17.4. The van der Waals surface area contributed by atoms with E-state index in [-0.39, 0.29) is 17.2 Å². The van der Waals surface area contributed by atoms with Gasteiger partial charge < -0.3 is 5.32 Å². The van der Waals surface area contributed by atoms with Crippen LogP contribution < -0.4 is 10.0 Å². The first-order valence-corrected chi connectivity index (χ1v) is 10.5. The zero-order valence-electron chi connectivity index (χ0n) is 15.0. The van der Waals surface area contributed by atoms with Gasteiger partial charge in [0, 0.05) is 16.6 Å². The second-order valence-electron chi connectivity index (χ2n) is 7.06. The van der Waals surface area contributed by atoms with Crippen LogP contribution in [0.5, 0.6) is 0 Å². The summed E-state index contributed by atoms with van der Waals surface area (Å²) in [6, 6.07) is 14.5. The Morgan fingerprint density at radius 1 is 1.04 bits per heavy atom. The summed E-state index contributed by atoms with van der Waals surface area (Å²) < 4.78 is 28.2. The quantitative estimate of drug-likeness (QED) is 0.725. The monoisotopic (exact) mass is 438 g/mol. The molecule has 1 amide bonds. The lowest BCUT2D eigenvalue weighted by molar-refractivity contribution is -0.120. The Balaban J connectivity index is 2.10. The van der Waals surface area contributed by atoms with Gasteiger partial charge in [0.25, 0.3) is 0 Å². The van der Waals surface area contributed by atoms with Crippen LogP contribution in [0, 0.1) is 0 Å². The van der Waals surface area contributed by atoms with Crippen LogP contribution in [0.4, 0.5) is 0 Å². The fourth-order valence-corrected chi connectivity index (χ4v) is 4.80. The van der Waals surface area contributed by atoms with Crippen LogP contribution in [0.1, 0.15) is 31.9 Å². The SMILES string of the molecule is CC(C)(C)NS(=O)(=O)c1cc(CC(=O)NCc2ccccc2)ccc1Br. The molecule has 2 aromatic carbocycles. The maximum atomic E-state index is 12.6. The fourth-order valence-electron chi connectivity index (χ4n) is 2.37. The summed E-state index contributed by atoms with van der Waals surface area (Å²) in [6.45, 7) is 5.77. The number of amides is 1. The Kier molecular flexibility index (Phi) is 6.60. The van der Waals surface area contributed by atoms with Crippen molar-refractivity contribution in [1.29, 1.82) is 0 Å². The van der Waals surface area contributed by atoms with Gasteiger partial charge in [0.2, 0.25) is 15.9 Å². The van der Waals surface area contributed by atoms with Gasteiger partial charge in [-0.15, -0.1) is 0 Å². The van der Waals surface area contributed by atoms with E-state index >= 15 is 0 Å². The van der Waals surface area contributed by atoms with E-state index in [9.17, 15) is 13.2 Å². The van der Waals surface area contributed by atoms with Crippen molar-refractivity contribution >= 4 is 31.9 Å². The molecule has 0 aliphatic rings. The minimum absolute atomic E-state index is 0.109. The van der Waals surface area contributed by atoms with Crippen molar-refractivity contribution < 1.29 is 13.2 Å². The molecule has 0 aliphatic heterocycles. The normalized spacial score (nSPS) is 12.0. The Hall–Kier alpha value is -1.70. The van der Waals surface area contributed by atoms with E-state index in [1.807, 2.05) is 30.3 Å². The van der Waals surface area contributed by atoms with Crippen molar-refractivity contribution in [2.75, 3.05) is 0 Å².